The van der Waals surface area contributed by atoms with Crippen molar-refractivity contribution >= 4 is 37.1 Å². The van der Waals surface area contributed by atoms with Crippen LogP contribution in [0.4, 0.5) is 0 Å². The molecular formula is C20H22O2SSe. The van der Waals surface area contributed by atoms with Gasteiger partial charge in [0.2, 0.25) is 0 Å². The van der Waals surface area contributed by atoms with Crippen molar-refractivity contribution in [2.24, 2.45) is 0 Å². The van der Waals surface area contributed by atoms with Gasteiger partial charge in [0.05, 0.1) is 0 Å². The van der Waals surface area contributed by atoms with Crippen molar-refractivity contribution in [3.8, 4) is 0 Å². The Balaban J connectivity index is 1.85. The van der Waals surface area contributed by atoms with Crippen molar-refractivity contribution in [3.05, 3.63) is 72.8 Å². The second-order valence-electron chi connectivity index (χ2n) is 5.00. The average Bonchev–Trinajstić information content (AvgIpc) is 2.62. The van der Waals surface area contributed by atoms with Crippen LogP contribution in [-0.4, -0.2) is 33.3 Å². The molecule has 0 radical (unpaired) electrons. The summed E-state index contributed by atoms with van der Waals surface area (Å²) in [4.78, 5) is 13.4. The van der Waals surface area contributed by atoms with Gasteiger partial charge in [-0.3, -0.25) is 0 Å². The van der Waals surface area contributed by atoms with Crippen molar-refractivity contribution in [2.75, 3.05) is 12.4 Å². The van der Waals surface area contributed by atoms with Gasteiger partial charge in [0.1, 0.15) is 0 Å². The van der Waals surface area contributed by atoms with Gasteiger partial charge in [-0.1, -0.05) is 0 Å². The molecule has 126 valence electrons. The fraction of sp³-hybridized carbons (Fsp3) is 0.250. The first-order chi connectivity index (χ1) is 11.8. The van der Waals surface area contributed by atoms with E-state index in [0.717, 1.165) is 12.2 Å². The molecule has 0 amide bonds. The predicted octanol–water partition coefficient (Wildman–Crippen LogP) is 4.11. The second kappa shape index (κ2) is 11.1. The number of carbonyl (C=O) groups excluding carboxylic acids is 1. The Morgan fingerprint density at radius 3 is 2.42 bits per heavy atom. The molecule has 1 atom stereocenters. The Labute approximate surface area is 154 Å². The van der Waals surface area contributed by atoms with Crippen LogP contribution < -0.4 is 4.46 Å². The van der Waals surface area contributed by atoms with Crippen LogP contribution in [0.2, 0.25) is 4.82 Å². The van der Waals surface area contributed by atoms with E-state index in [1.54, 1.807) is 11.8 Å². The molecule has 4 heteroatoms. The molecule has 0 saturated carbocycles. The zero-order valence-electron chi connectivity index (χ0n) is 13.8. The van der Waals surface area contributed by atoms with Gasteiger partial charge in [0.25, 0.3) is 0 Å². The molecule has 0 spiro atoms. The number of thioether (sulfide) groups is 1. The van der Waals surface area contributed by atoms with Gasteiger partial charge in [-0.25, -0.2) is 0 Å². The number of benzene rings is 2. The normalized spacial score (nSPS) is 12.2. The molecule has 0 heterocycles. The van der Waals surface area contributed by atoms with Crippen LogP contribution in [0.25, 0.3) is 0 Å². The van der Waals surface area contributed by atoms with Crippen LogP contribution >= 0.6 is 11.8 Å². The van der Waals surface area contributed by atoms with E-state index in [1.165, 1.54) is 9.36 Å². The van der Waals surface area contributed by atoms with E-state index in [9.17, 15) is 4.79 Å². The van der Waals surface area contributed by atoms with Crippen molar-refractivity contribution in [1.29, 1.82) is 0 Å². The fourth-order valence-corrected chi connectivity index (χ4v) is 4.94. The summed E-state index contributed by atoms with van der Waals surface area (Å²) in [6, 6.07) is 20.5. The summed E-state index contributed by atoms with van der Waals surface area (Å²) < 4.78 is 6.47. The zero-order valence-corrected chi connectivity index (χ0v) is 16.3. The minimum absolute atomic E-state index is 0.0576. The van der Waals surface area contributed by atoms with Crippen molar-refractivity contribution in [1.82, 2.24) is 0 Å². The van der Waals surface area contributed by atoms with Gasteiger partial charge in [0, 0.05) is 0 Å². The molecule has 2 aromatic carbocycles. The number of ether oxygens (including phenoxy) is 1. The molecule has 2 rings (SSSR count). The molecule has 0 saturated heterocycles. The van der Waals surface area contributed by atoms with Crippen molar-refractivity contribution in [2.45, 2.75) is 23.1 Å². The standard InChI is InChI=1S/C20H22O2SSe/c1-2-22-20(21)19(24-18-13-7-4-8-14-18)15-9-10-16-23-17-11-5-3-6-12-17/h3-14,19H,2,15-16H2,1H3/b10-9+. The average molecular weight is 405 g/mol. The third kappa shape index (κ3) is 6.96. The van der Waals surface area contributed by atoms with Gasteiger partial charge in [-0.15, -0.1) is 0 Å². The third-order valence-electron chi connectivity index (χ3n) is 3.18. The topological polar surface area (TPSA) is 26.3 Å². The third-order valence-corrected chi connectivity index (χ3v) is 6.69. The van der Waals surface area contributed by atoms with E-state index in [2.05, 4.69) is 36.4 Å². The molecule has 0 aliphatic rings. The van der Waals surface area contributed by atoms with E-state index in [1.807, 2.05) is 43.3 Å². The maximum atomic E-state index is 12.2. The Morgan fingerprint density at radius 1 is 1.08 bits per heavy atom. The number of hydrogen-bond donors (Lipinski definition) is 0. The zero-order chi connectivity index (χ0) is 17.0. The number of hydrogen-bond acceptors (Lipinski definition) is 3. The summed E-state index contributed by atoms with van der Waals surface area (Å²) >= 11 is 1.88. The summed E-state index contributed by atoms with van der Waals surface area (Å²) in [6.07, 6.45) is 5.00. The van der Waals surface area contributed by atoms with E-state index in [0.29, 0.717) is 6.61 Å². The monoisotopic (exact) mass is 406 g/mol. The van der Waals surface area contributed by atoms with Gasteiger partial charge in [-0.2, -0.15) is 0 Å². The summed E-state index contributed by atoms with van der Waals surface area (Å²) in [6.45, 7) is 2.30. The molecule has 2 nitrogen and oxygen atoms in total. The van der Waals surface area contributed by atoms with Crippen LogP contribution in [0.3, 0.4) is 0 Å². The van der Waals surface area contributed by atoms with Crippen LogP contribution in [0.1, 0.15) is 13.3 Å². The summed E-state index contributed by atoms with van der Waals surface area (Å²) in [7, 11) is 0. The fourth-order valence-electron chi connectivity index (χ4n) is 2.04. The molecule has 2 aromatic rings. The number of carbonyl (C=O) groups is 1. The Bertz CT molecular complexity index is 629. The van der Waals surface area contributed by atoms with Crippen molar-refractivity contribution < 1.29 is 9.53 Å². The van der Waals surface area contributed by atoms with Crippen molar-refractivity contribution in [3.63, 3.8) is 0 Å². The number of rotatable bonds is 9. The predicted molar refractivity (Wildman–Crippen MR) is 103 cm³/mol. The Hall–Kier alpha value is -1.48. The van der Waals surface area contributed by atoms with Crippen LogP contribution in [0.15, 0.2) is 77.7 Å². The first-order valence-electron chi connectivity index (χ1n) is 8.00. The van der Waals surface area contributed by atoms with E-state index in [4.69, 9.17) is 4.74 Å². The molecule has 0 aromatic heterocycles. The maximum absolute atomic E-state index is 12.2. The summed E-state index contributed by atoms with van der Waals surface area (Å²) in [5.41, 5.74) is 0. The van der Waals surface area contributed by atoms with Crippen LogP contribution in [0.5, 0.6) is 0 Å². The number of allylic oxidation sites excluding steroid dienone is 1. The molecule has 24 heavy (non-hydrogen) atoms. The first-order valence-corrected chi connectivity index (χ1v) is 10.8. The van der Waals surface area contributed by atoms with Gasteiger partial charge in [0.15, 0.2) is 0 Å². The van der Waals surface area contributed by atoms with Gasteiger partial charge in [-0.05, 0) is 0 Å². The SMILES string of the molecule is CCOC(=O)C(C/C=C/CSc1ccccc1)[Se]c1ccccc1. The molecule has 0 N–H and O–H groups in total. The molecule has 0 aliphatic carbocycles. The van der Waals surface area contributed by atoms with E-state index >= 15 is 0 Å². The van der Waals surface area contributed by atoms with Gasteiger partial charge < -0.3 is 0 Å². The first kappa shape index (κ1) is 18.9. The molecule has 0 bridgehead atoms. The van der Waals surface area contributed by atoms with Crippen LogP contribution in [-0.2, 0) is 9.53 Å². The van der Waals surface area contributed by atoms with E-state index < -0.39 is 0 Å². The second-order valence-corrected chi connectivity index (χ2v) is 8.77. The molecular weight excluding hydrogens is 383 g/mol. The summed E-state index contributed by atoms with van der Waals surface area (Å²) in [5, 5.41) is 0. The Kier molecular flexibility index (Phi) is 8.75. The quantitative estimate of drug-likeness (QED) is 0.272. The molecule has 0 aliphatic heterocycles. The summed E-state index contributed by atoms with van der Waals surface area (Å²) in [5.74, 6) is 0.833. The Morgan fingerprint density at radius 2 is 1.75 bits per heavy atom. The van der Waals surface area contributed by atoms with E-state index in [-0.39, 0.29) is 25.7 Å². The molecule has 1 unspecified atom stereocenters. The number of esters is 1. The molecule has 0 fully saturated rings. The van der Waals surface area contributed by atoms with Crippen LogP contribution in [0, 0.1) is 0 Å². The van der Waals surface area contributed by atoms with Gasteiger partial charge >= 0.3 is 155 Å². The minimum atomic E-state index is -0.0817.